The van der Waals surface area contributed by atoms with Gasteiger partial charge in [-0.3, -0.25) is 9.59 Å². The van der Waals surface area contributed by atoms with Crippen molar-refractivity contribution < 1.29 is 19.8 Å². The van der Waals surface area contributed by atoms with Crippen LogP contribution in [-0.4, -0.2) is 22.2 Å². The predicted molar refractivity (Wildman–Crippen MR) is 94.4 cm³/mol. The molecule has 140 valence electrons. The molecule has 8 N–H and O–H groups in total. The van der Waals surface area contributed by atoms with E-state index in [1.165, 1.54) is 0 Å². The van der Waals surface area contributed by atoms with Crippen molar-refractivity contribution in [3.05, 3.63) is 0 Å². The molecule has 6 nitrogen and oxygen atoms in total. The Morgan fingerprint density at radius 2 is 0.957 bits per heavy atom. The average Bonchev–Trinajstić information content (AvgIpc) is 2.42. The predicted octanol–water partition coefficient (Wildman–Crippen LogP) is 5.04. The number of rotatable bonds is 12. The molecule has 23 heavy (non-hydrogen) atoms. The molecule has 0 heterocycles. The van der Waals surface area contributed by atoms with E-state index in [4.69, 9.17) is 0 Å². The van der Waals surface area contributed by atoms with Gasteiger partial charge in [-0.1, -0.05) is 46.0 Å². The highest BCUT2D eigenvalue weighted by Gasteiger charge is 2.35. The van der Waals surface area contributed by atoms with E-state index >= 15 is 0 Å². The summed E-state index contributed by atoms with van der Waals surface area (Å²) in [5.41, 5.74) is -1.44. The summed E-state index contributed by atoms with van der Waals surface area (Å²) in [6, 6.07) is 0. The Morgan fingerprint density at radius 3 is 1.17 bits per heavy atom. The molecule has 0 radical (unpaired) electrons. The monoisotopic (exact) mass is 334 g/mol. The Hall–Kier alpha value is -1.14. The Balaban J connectivity index is -0.00000200. The van der Waals surface area contributed by atoms with Crippen LogP contribution in [0.5, 0.6) is 0 Å². The van der Waals surface area contributed by atoms with Gasteiger partial charge in [-0.25, -0.2) is 0 Å². The van der Waals surface area contributed by atoms with Crippen LogP contribution in [0.1, 0.15) is 85.5 Å². The van der Waals surface area contributed by atoms with Crippen LogP contribution >= 0.6 is 0 Å². The van der Waals surface area contributed by atoms with E-state index in [1.807, 2.05) is 0 Å². The normalized spacial score (nSPS) is 15.5. The Morgan fingerprint density at radius 1 is 0.696 bits per heavy atom. The van der Waals surface area contributed by atoms with Gasteiger partial charge < -0.3 is 22.5 Å². The number of unbranched alkanes of at least 4 members (excludes halogenated alkanes) is 2. The Labute approximate surface area is 141 Å². The number of carbonyl (C=O) groups is 2. The minimum Gasteiger partial charge on any atom is -0.481 e. The summed E-state index contributed by atoms with van der Waals surface area (Å²) in [5.74, 6) is -1.52. The first kappa shape index (κ1) is 26.7. The van der Waals surface area contributed by atoms with Crippen LogP contribution in [0.3, 0.4) is 0 Å². The molecular weight excluding hydrogens is 296 g/mol. The molecule has 0 aliphatic heterocycles. The van der Waals surface area contributed by atoms with Crippen LogP contribution in [0.4, 0.5) is 0 Å². The largest absolute Gasteiger partial charge is 0.481 e. The zero-order valence-electron chi connectivity index (χ0n) is 15.5. The van der Waals surface area contributed by atoms with Crippen molar-refractivity contribution >= 4 is 11.9 Å². The number of hydrogen-bond donors (Lipinski definition) is 4. The van der Waals surface area contributed by atoms with Crippen LogP contribution in [0, 0.1) is 10.8 Å². The lowest BCUT2D eigenvalue weighted by Gasteiger charge is -2.28. The fraction of sp³-hybridized carbons (Fsp3) is 0.882. The van der Waals surface area contributed by atoms with Crippen molar-refractivity contribution in [2.75, 3.05) is 0 Å². The van der Waals surface area contributed by atoms with Crippen molar-refractivity contribution in [1.29, 1.82) is 0 Å². The first-order valence-electron chi connectivity index (χ1n) is 8.18. The standard InChI is InChI=1S/C17H32O4.2H3N/c1-5-7-10-16(3,14(18)19)12-9-13-17(4,15(20)21)11-8-6-2;;/h5-13H2,1-4H3,(H,18,19)(H,20,21);2*1H3. The first-order chi connectivity index (χ1) is 9.72. The molecule has 0 aliphatic carbocycles. The molecule has 0 rings (SSSR count). The molecule has 0 aliphatic rings. The van der Waals surface area contributed by atoms with Gasteiger partial charge in [-0.15, -0.1) is 0 Å². The highest BCUT2D eigenvalue weighted by molar-refractivity contribution is 5.74. The lowest BCUT2D eigenvalue weighted by molar-refractivity contribution is -0.149. The van der Waals surface area contributed by atoms with Crippen molar-refractivity contribution in [1.82, 2.24) is 12.3 Å². The van der Waals surface area contributed by atoms with Crippen LogP contribution in [0.25, 0.3) is 0 Å². The zero-order chi connectivity index (χ0) is 16.5. The van der Waals surface area contributed by atoms with Gasteiger partial charge in [-0.2, -0.15) is 0 Å². The van der Waals surface area contributed by atoms with Gasteiger partial charge >= 0.3 is 11.9 Å². The molecule has 0 bridgehead atoms. The smallest absolute Gasteiger partial charge is 0.309 e. The second kappa shape index (κ2) is 12.3. The van der Waals surface area contributed by atoms with Crippen molar-refractivity contribution in [3.63, 3.8) is 0 Å². The minimum atomic E-state index is -0.762. The molecular formula is C17H38N2O4. The lowest BCUT2D eigenvalue weighted by Crippen LogP contribution is -2.30. The van der Waals surface area contributed by atoms with Gasteiger partial charge in [-0.05, 0) is 39.5 Å². The zero-order valence-corrected chi connectivity index (χ0v) is 15.5. The van der Waals surface area contributed by atoms with Crippen molar-refractivity contribution in [3.8, 4) is 0 Å². The van der Waals surface area contributed by atoms with Gasteiger partial charge in [0.05, 0.1) is 10.8 Å². The van der Waals surface area contributed by atoms with Crippen LogP contribution < -0.4 is 12.3 Å². The molecule has 6 heteroatoms. The van der Waals surface area contributed by atoms with Gasteiger partial charge in [0.25, 0.3) is 0 Å². The highest BCUT2D eigenvalue weighted by atomic mass is 16.4. The quantitative estimate of drug-likeness (QED) is 0.393. The molecule has 2 unspecified atom stereocenters. The van der Waals surface area contributed by atoms with E-state index in [-0.39, 0.29) is 12.3 Å². The third kappa shape index (κ3) is 8.91. The lowest BCUT2D eigenvalue weighted by atomic mass is 9.75. The van der Waals surface area contributed by atoms with Crippen molar-refractivity contribution in [2.45, 2.75) is 85.5 Å². The van der Waals surface area contributed by atoms with E-state index in [0.29, 0.717) is 32.1 Å². The Bertz CT molecular complexity index is 317. The third-order valence-corrected chi connectivity index (χ3v) is 4.65. The fourth-order valence-electron chi connectivity index (χ4n) is 2.68. The SMILES string of the molecule is CCCCC(C)(CCCC(C)(CCCC)C(=O)O)C(=O)O.N.N. The maximum atomic E-state index is 11.5. The number of hydrogen-bond acceptors (Lipinski definition) is 4. The molecule has 0 aromatic heterocycles. The van der Waals surface area contributed by atoms with E-state index in [1.54, 1.807) is 13.8 Å². The summed E-state index contributed by atoms with van der Waals surface area (Å²) in [6.45, 7) is 7.67. The third-order valence-electron chi connectivity index (χ3n) is 4.65. The van der Waals surface area contributed by atoms with E-state index in [9.17, 15) is 19.8 Å². The molecule has 0 amide bonds. The number of carboxylic acid groups (broad SMARTS) is 2. The van der Waals surface area contributed by atoms with E-state index < -0.39 is 22.8 Å². The molecule has 0 spiro atoms. The summed E-state index contributed by atoms with van der Waals surface area (Å²) in [4.78, 5) is 22.9. The summed E-state index contributed by atoms with van der Waals surface area (Å²) in [6.07, 6.45) is 6.84. The molecule has 2 atom stereocenters. The molecule has 0 aromatic carbocycles. The maximum absolute atomic E-state index is 11.5. The Kier molecular flexibility index (Phi) is 14.3. The second-order valence-electron chi connectivity index (χ2n) is 6.79. The van der Waals surface area contributed by atoms with Gasteiger partial charge in [0.2, 0.25) is 0 Å². The molecule has 0 aromatic rings. The topological polar surface area (TPSA) is 145 Å². The molecule has 0 fully saturated rings. The summed E-state index contributed by atoms with van der Waals surface area (Å²) in [7, 11) is 0. The van der Waals surface area contributed by atoms with Gasteiger partial charge in [0.1, 0.15) is 0 Å². The summed E-state index contributed by atoms with van der Waals surface area (Å²) >= 11 is 0. The maximum Gasteiger partial charge on any atom is 0.309 e. The summed E-state index contributed by atoms with van der Waals surface area (Å²) < 4.78 is 0. The highest BCUT2D eigenvalue weighted by Crippen LogP contribution is 2.36. The van der Waals surface area contributed by atoms with Gasteiger partial charge in [0, 0.05) is 0 Å². The van der Waals surface area contributed by atoms with Crippen LogP contribution in [0.2, 0.25) is 0 Å². The van der Waals surface area contributed by atoms with Crippen LogP contribution in [0.15, 0.2) is 0 Å². The van der Waals surface area contributed by atoms with E-state index in [0.717, 1.165) is 25.7 Å². The van der Waals surface area contributed by atoms with E-state index in [2.05, 4.69) is 13.8 Å². The van der Waals surface area contributed by atoms with Gasteiger partial charge in [0.15, 0.2) is 0 Å². The van der Waals surface area contributed by atoms with Crippen molar-refractivity contribution in [2.24, 2.45) is 10.8 Å². The van der Waals surface area contributed by atoms with Crippen LogP contribution in [-0.2, 0) is 9.59 Å². The summed E-state index contributed by atoms with van der Waals surface area (Å²) in [5, 5.41) is 18.8. The number of aliphatic carboxylic acids is 2. The first-order valence-corrected chi connectivity index (χ1v) is 8.18. The minimum absolute atomic E-state index is 0. The average molecular weight is 335 g/mol. The fourth-order valence-corrected chi connectivity index (χ4v) is 2.68. The second-order valence-corrected chi connectivity index (χ2v) is 6.79. The number of carboxylic acids is 2. The molecule has 0 saturated carbocycles. The molecule has 0 saturated heterocycles.